The van der Waals surface area contributed by atoms with E-state index in [1.165, 1.54) is 0 Å². The molecule has 1 unspecified atom stereocenters. The number of halogens is 1. The number of nitrogens with zero attached hydrogens (tertiary/aromatic N) is 2. The molecule has 1 N–H and O–H groups in total. The molecule has 0 spiro atoms. The summed E-state index contributed by atoms with van der Waals surface area (Å²) in [5.41, 5.74) is 0.847. The molecule has 1 fully saturated rings. The fraction of sp³-hybridized carbons (Fsp3) is 0.556. The molecule has 1 aliphatic rings. The van der Waals surface area contributed by atoms with E-state index in [4.69, 9.17) is 0 Å². The van der Waals surface area contributed by atoms with E-state index in [2.05, 4.69) is 40.0 Å². The quantitative estimate of drug-likeness (QED) is 0.688. The second kappa shape index (κ2) is 9.18. The van der Waals surface area contributed by atoms with Crippen LogP contribution in [-0.2, 0) is 9.59 Å². The van der Waals surface area contributed by atoms with Crippen molar-refractivity contribution in [1.29, 1.82) is 0 Å². The van der Waals surface area contributed by atoms with Crippen LogP contribution in [0.5, 0.6) is 0 Å². The predicted octanol–water partition coefficient (Wildman–Crippen LogP) is 2.65. The number of anilines is 1. The van der Waals surface area contributed by atoms with Crippen LogP contribution in [0.25, 0.3) is 0 Å². The summed E-state index contributed by atoms with van der Waals surface area (Å²) in [5, 5.41) is 2.98. The van der Waals surface area contributed by atoms with Crippen LogP contribution in [0.4, 0.5) is 5.69 Å². The van der Waals surface area contributed by atoms with Crippen LogP contribution in [0.2, 0.25) is 0 Å². The molecule has 5 nitrogen and oxygen atoms in total. The molecule has 1 aromatic rings. The van der Waals surface area contributed by atoms with Gasteiger partial charge in [-0.25, -0.2) is 0 Å². The summed E-state index contributed by atoms with van der Waals surface area (Å²) in [4.78, 5) is 28.5. The third kappa shape index (κ3) is 5.05. The number of nitrogens with one attached hydrogen (secondary N) is 1. The minimum absolute atomic E-state index is 0.0116. The van der Waals surface area contributed by atoms with E-state index in [-0.39, 0.29) is 24.2 Å². The van der Waals surface area contributed by atoms with Crippen molar-refractivity contribution in [3.8, 4) is 0 Å². The minimum Gasteiger partial charge on any atom is -0.356 e. The molecule has 6 heteroatoms. The molecule has 1 aliphatic heterocycles. The molecule has 132 valence electrons. The van der Waals surface area contributed by atoms with Gasteiger partial charge in [-0.2, -0.15) is 0 Å². The fourth-order valence-electron chi connectivity index (χ4n) is 2.95. The summed E-state index contributed by atoms with van der Waals surface area (Å²) < 4.78 is 0.973. The first-order valence-corrected chi connectivity index (χ1v) is 9.40. The predicted molar refractivity (Wildman–Crippen MR) is 100 cm³/mol. The van der Waals surface area contributed by atoms with Crippen LogP contribution in [0.1, 0.15) is 26.7 Å². The lowest BCUT2D eigenvalue weighted by atomic mass is 10.1. The van der Waals surface area contributed by atoms with Gasteiger partial charge in [-0.3, -0.25) is 9.59 Å². The van der Waals surface area contributed by atoms with Crippen LogP contribution in [0.15, 0.2) is 28.7 Å². The summed E-state index contributed by atoms with van der Waals surface area (Å²) in [5.74, 6) is -0.252. The zero-order chi connectivity index (χ0) is 17.5. The van der Waals surface area contributed by atoms with Crippen molar-refractivity contribution in [1.82, 2.24) is 10.2 Å². The maximum absolute atomic E-state index is 12.3. The Morgan fingerprint density at radius 1 is 1.29 bits per heavy atom. The molecule has 1 aromatic carbocycles. The van der Waals surface area contributed by atoms with Crippen molar-refractivity contribution in [3.05, 3.63) is 28.7 Å². The molecule has 1 saturated heterocycles. The highest BCUT2D eigenvalue weighted by atomic mass is 79.9. The largest absolute Gasteiger partial charge is 0.356 e. The molecule has 2 amide bonds. The Morgan fingerprint density at radius 2 is 1.96 bits per heavy atom. The standard InChI is InChI=1S/C18H26BrN3O2/c1-3-21(4-2)11-5-10-20-18(24)14-12-17(23)22(13-14)16-8-6-15(19)7-9-16/h6-9,14H,3-5,10-13H2,1-2H3,(H,20,24). The Hall–Kier alpha value is -1.40. The molecule has 24 heavy (non-hydrogen) atoms. The molecule has 2 rings (SSSR count). The summed E-state index contributed by atoms with van der Waals surface area (Å²) in [6, 6.07) is 7.60. The SMILES string of the molecule is CCN(CC)CCCNC(=O)C1CC(=O)N(c2ccc(Br)cc2)C1. The molecule has 0 bridgehead atoms. The lowest BCUT2D eigenvalue weighted by molar-refractivity contribution is -0.126. The molecule has 0 saturated carbocycles. The van der Waals surface area contributed by atoms with Crippen molar-refractivity contribution >= 4 is 33.4 Å². The fourth-order valence-corrected chi connectivity index (χ4v) is 3.22. The summed E-state index contributed by atoms with van der Waals surface area (Å²) in [7, 11) is 0. The lowest BCUT2D eigenvalue weighted by Gasteiger charge is -2.18. The second-order valence-electron chi connectivity index (χ2n) is 6.05. The maximum Gasteiger partial charge on any atom is 0.227 e. The van der Waals surface area contributed by atoms with Crippen molar-refractivity contribution < 1.29 is 9.59 Å². The van der Waals surface area contributed by atoms with E-state index in [0.717, 1.165) is 36.2 Å². The first-order chi connectivity index (χ1) is 11.5. The van der Waals surface area contributed by atoms with Crippen LogP contribution < -0.4 is 10.2 Å². The molecule has 0 aliphatic carbocycles. The topological polar surface area (TPSA) is 52.7 Å². The van der Waals surface area contributed by atoms with Gasteiger partial charge in [-0.05, 0) is 50.3 Å². The second-order valence-corrected chi connectivity index (χ2v) is 6.97. The molecule has 0 aromatic heterocycles. The highest BCUT2D eigenvalue weighted by Crippen LogP contribution is 2.26. The maximum atomic E-state index is 12.3. The third-order valence-corrected chi connectivity index (χ3v) is 5.01. The van der Waals surface area contributed by atoms with Crippen LogP contribution in [0.3, 0.4) is 0 Å². The zero-order valence-corrected chi connectivity index (χ0v) is 16.0. The van der Waals surface area contributed by atoms with Crippen LogP contribution in [-0.4, -0.2) is 49.4 Å². The average molecular weight is 396 g/mol. The number of carbonyl (C=O) groups excluding carboxylic acids is 2. The highest BCUT2D eigenvalue weighted by Gasteiger charge is 2.34. The highest BCUT2D eigenvalue weighted by molar-refractivity contribution is 9.10. The van der Waals surface area contributed by atoms with E-state index in [1.54, 1.807) is 4.90 Å². The third-order valence-electron chi connectivity index (χ3n) is 4.48. The van der Waals surface area contributed by atoms with E-state index < -0.39 is 0 Å². The Balaban J connectivity index is 1.80. The Kier molecular flexibility index (Phi) is 7.24. The van der Waals surface area contributed by atoms with E-state index in [0.29, 0.717) is 13.1 Å². The average Bonchev–Trinajstić information content (AvgIpc) is 2.97. The van der Waals surface area contributed by atoms with Gasteiger partial charge in [0.15, 0.2) is 0 Å². The van der Waals surface area contributed by atoms with Crippen molar-refractivity contribution in [3.63, 3.8) is 0 Å². The van der Waals surface area contributed by atoms with Gasteiger partial charge in [0.05, 0.1) is 5.92 Å². The normalized spacial score (nSPS) is 17.6. The van der Waals surface area contributed by atoms with Crippen LogP contribution >= 0.6 is 15.9 Å². The lowest BCUT2D eigenvalue weighted by Crippen LogP contribution is -2.35. The van der Waals surface area contributed by atoms with Crippen molar-refractivity contribution in [2.45, 2.75) is 26.7 Å². The number of amides is 2. The molecule has 0 radical (unpaired) electrons. The smallest absolute Gasteiger partial charge is 0.227 e. The summed E-state index contributed by atoms with van der Waals surface area (Å²) in [6.07, 6.45) is 1.22. The number of carbonyl (C=O) groups is 2. The minimum atomic E-state index is -0.255. The van der Waals surface area contributed by atoms with Crippen molar-refractivity contribution in [2.75, 3.05) is 37.6 Å². The first-order valence-electron chi connectivity index (χ1n) is 8.61. The van der Waals surface area contributed by atoms with Gasteiger partial charge in [0.25, 0.3) is 0 Å². The van der Waals surface area contributed by atoms with E-state index in [1.807, 2.05) is 24.3 Å². The number of hydrogen-bond donors (Lipinski definition) is 1. The van der Waals surface area contributed by atoms with Gasteiger partial charge >= 0.3 is 0 Å². The summed E-state index contributed by atoms with van der Waals surface area (Å²) in [6.45, 7) is 8.46. The Bertz CT molecular complexity index is 558. The van der Waals surface area contributed by atoms with Gasteiger partial charge < -0.3 is 15.1 Å². The summed E-state index contributed by atoms with van der Waals surface area (Å²) >= 11 is 3.39. The Labute approximate surface area is 152 Å². The first kappa shape index (κ1) is 18.9. The van der Waals surface area contributed by atoms with Crippen molar-refractivity contribution in [2.24, 2.45) is 5.92 Å². The van der Waals surface area contributed by atoms with E-state index in [9.17, 15) is 9.59 Å². The van der Waals surface area contributed by atoms with E-state index >= 15 is 0 Å². The number of benzene rings is 1. The molecular weight excluding hydrogens is 370 g/mol. The van der Waals surface area contributed by atoms with Gasteiger partial charge in [-0.1, -0.05) is 29.8 Å². The number of hydrogen-bond acceptors (Lipinski definition) is 3. The molecule has 1 heterocycles. The monoisotopic (exact) mass is 395 g/mol. The van der Waals surface area contributed by atoms with Crippen LogP contribution in [0, 0.1) is 5.92 Å². The number of rotatable bonds is 8. The van der Waals surface area contributed by atoms with Gasteiger partial charge in [0.2, 0.25) is 11.8 Å². The van der Waals surface area contributed by atoms with Gasteiger partial charge in [0, 0.05) is 29.7 Å². The van der Waals surface area contributed by atoms with Gasteiger partial charge in [0.1, 0.15) is 0 Å². The zero-order valence-electron chi connectivity index (χ0n) is 14.4. The molecular formula is C18H26BrN3O2. The molecule has 1 atom stereocenters. The Morgan fingerprint density at radius 3 is 2.58 bits per heavy atom. The van der Waals surface area contributed by atoms with Gasteiger partial charge in [-0.15, -0.1) is 0 Å².